The van der Waals surface area contributed by atoms with Gasteiger partial charge in [0.15, 0.2) is 0 Å². The molecule has 1 heterocycles. The predicted octanol–water partition coefficient (Wildman–Crippen LogP) is 2.24. The van der Waals surface area contributed by atoms with Gasteiger partial charge in [-0.3, -0.25) is 4.79 Å². The number of hydrogen-bond donors (Lipinski definition) is 1. The van der Waals surface area contributed by atoms with Crippen LogP contribution in [0.3, 0.4) is 0 Å². The quantitative estimate of drug-likeness (QED) is 0.677. The monoisotopic (exact) mass is 275 g/mol. The Hall–Kier alpha value is -2.10. The van der Waals surface area contributed by atoms with Crippen molar-refractivity contribution >= 4 is 11.9 Å². The Balaban J connectivity index is 0.000000276. The van der Waals surface area contributed by atoms with Crippen molar-refractivity contribution in [3.05, 3.63) is 48.0 Å². The van der Waals surface area contributed by atoms with Gasteiger partial charge < -0.3 is 10.1 Å². The number of rotatable bonds is 4. The van der Waals surface area contributed by atoms with E-state index in [2.05, 4.69) is 11.9 Å². The van der Waals surface area contributed by atoms with Crippen molar-refractivity contribution in [1.29, 1.82) is 0 Å². The molecule has 1 aromatic carbocycles. The Morgan fingerprint density at radius 2 is 2.05 bits per heavy atom. The minimum atomic E-state index is -0.319. The first-order valence-corrected chi connectivity index (χ1v) is 6.73. The number of nitrogens with one attached hydrogen (secondary N) is 1. The molecule has 1 aromatic rings. The summed E-state index contributed by atoms with van der Waals surface area (Å²) < 4.78 is 4.97. The lowest BCUT2D eigenvalue weighted by atomic mass is 10.2. The van der Waals surface area contributed by atoms with Gasteiger partial charge in [0.25, 0.3) is 0 Å². The van der Waals surface area contributed by atoms with Gasteiger partial charge in [0.05, 0.1) is 6.61 Å². The first-order chi connectivity index (χ1) is 9.59. The van der Waals surface area contributed by atoms with Crippen molar-refractivity contribution in [1.82, 2.24) is 5.32 Å². The molecule has 1 N–H and O–H groups in total. The third-order valence-corrected chi connectivity index (χ3v) is 2.72. The van der Waals surface area contributed by atoms with Crippen LogP contribution in [-0.4, -0.2) is 25.0 Å². The molecule has 0 radical (unpaired) electrons. The number of carbonyl (C=O) groups excluding carboxylic acids is 2. The molecule has 1 aliphatic rings. The minimum Gasteiger partial charge on any atom is -0.462 e. The Kier molecular flexibility index (Phi) is 7.11. The van der Waals surface area contributed by atoms with E-state index in [1.54, 1.807) is 6.92 Å². The highest BCUT2D eigenvalue weighted by Crippen LogP contribution is 2.00. The van der Waals surface area contributed by atoms with Crippen LogP contribution in [0.25, 0.3) is 0 Å². The zero-order valence-corrected chi connectivity index (χ0v) is 11.9. The lowest BCUT2D eigenvalue weighted by Crippen LogP contribution is -2.12. The van der Waals surface area contributed by atoms with Gasteiger partial charge in [-0.25, -0.2) is 4.79 Å². The van der Waals surface area contributed by atoms with Crippen LogP contribution in [0.1, 0.15) is 25.3 Å². The molecule has 1 amide bonds. The molecule has 2 rings (SSSR count). The maximum atomic E-state index is 11.0. The Morgan fingerprint density at radius 3 is 2.50 bits per heavy atom. The smallest absolute Gasteiger partial charge is 0.333 e. The van der Waals surface area contributed by atoms with Gasteiger partial charge in [0.2, 0.25) is 5.91 Å². The maximum absolute atomic E-state index is 11.0. The van der Waals surface area contributed by atoms with Gasteiger partial charge >= 0.3 is 5.97 Å². The van der Waals surface area contributed by atoms with Gasteiger partial charge in [-0.05, 0) is 18.9 Å². The fourth-order valence-corrected chi connectivity index (χ4v) is 1.59. The van der Waals surface area contributed by atoms with Crippen molar-refractivity contribution in [3.8, 4) is 0 Å². The third-order valence-electron chi connectivity index (χ3n) is 2.72. The van der Waals surface area contributed by atoms with Crippen molar-refractivity contribution < 1.29 is 14.3 Å². The van der Waals surface area contributed by atoms with Crippen molar-refractivity contribution in [2.75, 3.05) is 13.2 Å². The van der Waals surface area contributed by atoms with E-state index in [1.165, 1.54) is 5.56 Å². The summed E-state index contributed by atoms with van der Waals surface area (Å²) in [7, 11) is 0. The van der Waals surface area contributed by atoms with E-state index in [1.807, 2.05) is 30.3 Å². The fraction of sp³-hybridized carbons (Fsp3) is 0.375. The average molecular weight is 275 g/mol. The van der Waals surface area contributed by atoms with Crippen LogP contribution in [0.4, 0.5) is 0 Å². The topological polar surface area (TPSA) is 55.4 Å². The molecular weight excluding hydrogens is 254 g/mol. The second-order valence-corrected chi connectivity index (χ2v) is 4.61. The summed E-state index contributed by atoms with van der Waals surface area (Å²) in [6.07, 6.45) is 2.51. The van der Waals surface area contributed by atoms with Gasteiger partial charge in [-0.2, -0.15) is 0 Å². The van der Waals surface area contributed by atoms with E-state index >= 15 is 0 Å². The van der Waals surface area contributed by atoms with Crippen molar-refractivity contribution in [3.63, 3.8) is 0 Å². The lowest BCUT2D eigenvalue weighted by Gasteiger charge is -2.03. The molecule has 1 aliphatic heterocycles. The normalized spacial score (nSPS) is 12.9. The van der Waals surface area contributed by atoms with Crippen LogP contribution in [0.2, 0.25) is 0 Å². The Labute approximate surface area is 119 Å². The van der Waals surface area contributed by atoms with E-state index in [0.29, 0.717) is 12.2 Å². The largest absolute Gasteiger partial charge is 0.462 e. The number of hydrogen-bond acceptors (Lipinski definition) is 3. The molecule has 0 bridgehead atoms. The highest BCUT2D eigenvalue weighted by atomic mass is 16.5. The summed E-state index contributed by atoms with van der Waals surface area (Å²) in [5.74, 6) is -0.115. The van der Waals surface area contributed by atoms with Gasteiger partial charge in [-0.15, -0.1) is 0 Å². The lowest BCUT2D eigenvalue weighted by molar-refractivity contribution is -0.138. The Morgan fingerprint density at radius 1 is 1.35 bits per heavy atom. The molecule has 108 valence electrons. The maximum Gasteiger partial charge on any atom is 0.333 e. The molecular formula is C16H21NO3. The third kappa shape index (κ3) is 6.73. The van der Waals surface area contributed by atoms with Gasteiger partial charge in [0, 0.05) is 25.0 Å². The van der Waals surface area contributed by atoms with E-state index in [-0.39, 0.29) is 11.9 Å². The summed E-state index contributed by atoms with van der Waals surface area (Å²) >= 11 is 0. The molecule has 4 heteroatoms. The number of amides is 1. The number of ether oxygens (including phenoxy) is 1. The summed E-state index contributed by atoms with van der Waals surface area (Å²) in [5.41, 5.74) is 1.61. The average Bonchev–Trinajstić information content (AvgIpc) is 2.91. The SMILES string of the molecule is C=C(C)C(=O)OCCc1ccccc1.O=C1CCCN1. The molecule has 0 spiro atoms. The van der Waals surface area contributed by atoms with Gasteiger partial charge in [-0.1, -0.05) is 36.9 Å². The first kappa shape index (κ1) is 16.0. The standard InChI is InChI=1S/C12H14O2.C4H7NO/c1-10(2)12(13)14-9-8-11-6-4-3-5-7-11;6-4-2-1-3-5-4/h3-7H,1,8-9H2,2H3;1-3H2,(H,5,6). The second kappa shape index (κ2) is 8.91. The highest BCUT2D eigenvalue weighted by molar-refractivity contribution is 5.86. The summed E-state index contributed by atoms with van der Waals surface area (Å²) in [4.78, 5) is 21.1. The zero-order valence-electron chi connectivity index (χ0n) is 11.9. The predicted molar refractivity (Wildman–Crippen MR) is 78.2 cm³/mol. The van der Waals surface area contributed by atoms with Crippen LogP contribution in [-0.2, 0) is 20.7 Å². The summed E-state index contributed by atoms with van der Waals surface area (Å²) in [6, 6.07) is 9.92. The zero-order chi connectivity index (χ0) is 14.8. The second-order valence-electron chi connectivity index (χ2n) is 4.61. The summed E-state index contributed by atoms with van der Waals surface area (Å²) in [5, 5.41) is 2.68. The molecule has 20 heavy (non-hydrogen) atoms. The van der Waals surface area contributed by atoms with Crippen molar-refractivity contribution in [2.24, 2.45) is 0 Å². The highest BCUT2D eigenvalue weighted by Gasteiger charge is 2.05. The number of esters is 1. The van der Waals surface area contributed by atoms with E-state index < -0.39 is 0 Å². The Bertz CT molecular complexity index is 446. The molecule has 0 atom stereocenters. The van der Waals surface area contributed by atoms with E-state index in [9.17, 15) is 9.59 Å². The fourth-order valence-electron chi connectivity index (χ4n) is 1.59. The van der Waals surface area contributed by atoms with Gasteiger partial charge in [0.1, 0.15) is 0 Å². The van der Waals surface area contributed by atoms with Crippen molar-refractivity contribution in [2.45, 2.75) is 26.2 Å². The first-order valence-electron chi connectivity index (χ1n) is 6.73. The molecule has 0 saturated carbocycles. The molecule has 4 nitrogen and oxygen atoms in total. The van der Waals surface area contributed by atoms with E-state index in [0.717, 1.165) is 25.8 Å². The summed E-state index contributed by atoms with van der Waals surface area (Å²) in [6.45, 7) is 6.45. The minimum absolute atomic E-state index is 0.204. The van der Waals surface area contributed by atoms with Crippen LogP contribution in [0.5, 0.6) is 0 Å². The van der Waals surface area contributed by atoms with Crippen LogP contribution in [0.15, 0.2) is 42.5 Å². The van der Waals surface area contributed by atoms with Crippen LogP contribution < -0.4 is 5.32 Å². The van der Waals surface area contributed by atoms with Crippen LogP contribution in [0, 0.1) is 0 Å². The molecule has 0 aromatic heterocycles. The molecule has 0 aliphatic carbocycles. The molecule has 0 unspecified atom stereocenters. The van der Waals surface area contributed by atoms with Crippen LogP contribution >= 0.6 is 0 Å². The number of carbonyl (C=O) groups is 2. The number of benzene rings is 1. The molecule has 1 fully saturated rings. The van der Waals surface area contributed by atoms with E-state index in [4.69, 9.17) is 4.74 Å². The molecule has 1 saturated heterocycles.